The van der Waals surface area contributed by atoms with Crippen LogP contribution in [0.1, 0.15) is 5.56 Å². The molecule has 0 radical (unpaired) electrons. The lowest BCUT2D eigenvalue weighted by Gasteiger charge is -2.05. The fourth-order valence-electron chi connectivity index (χ4n) is 0.843. The maximum atomic E-state index is 8.70. The van der Waals surface area contributed by atoms with Crippen molar-refractivity contribution in [2.75, 3.05) is 12.8 Å². The van der Waals surface area contributed by atoms with Crippen LogP contribution in [0.15, 0.2) is 16.6 Å². The molecular formula is C8H7BrN2O. The molecule has 2 N–H and O–H groups in total. The van der Waals surface area contributed by atoms with E-state index >= 15 is 0 Å². The molecule has 0 aliphatic carbocycles. The molecule has 12 heavy (non-hydrogen) atoms. The Bertz CT molecular complexity index is 344. The summed E-state index contributed by atoms with van der Waals surface area (Å²) in [4.78, 5) is 0. The highest BCUT2D eigenvalue weighted by Gasteiger charge is 2.08. The standard InChI is InChI=1S/C8H7BrN2O/c1-12-7-3-2-6(11)5(4-10)8(7)9/h2-3H,11H2,1H3. The summed E-state index contributed by atoms with van der Waals surface area (Å²) < 4.78 is 5.59. The first-order chi connectivity index (χ1) is 5.70. The molecule has 1 aromatic carbocycles. The van der Waals surface area contributed by atoms with Crippen LogP contribution < -0.4 is 10.5 Å². The first kappa shape index (κ1) is 8.88. The van der Waals surface area contributed by atoms with Crippen molar-refractivity contribution < 1.29 is 4.74 Å². The molecular weight excluding hydrogens is 220 g/mol. The van der Waals surface area contributed by atoms with Crippen LogP contribution in [0.4, 0.5) is 5.69 Å². The third-order valence-electron chi connectivity index (χ3n) is 1.47. The second-order valence-corrected chi connectivity index (χ2v) is 2.95. The number of ether oxygens (including phenoxy) is 1. The van der Waals surface area contributed by atoms with E-state index in [4.69, 9.17) is 15.7 Å². The minimum Gasteiger partial charge on any atom is -0.496 e. The van der Waals surface area contributed by atoms with E-state index in [1.54, 1.807) is 12.1 Å². The van der Waals surface area contributed by atoms with Crippen molar-refractivity contribution in [3.63, 3.8) is 0 Å². The highest BCUT2D eigenvalue weighted by Crippen LogP contribution is 2.31. The smallest absolute Gasteiger partial charge is 0.134 e. The molecule has 62 valence electrons. The van der Waals surface area contributed by atoms with Gasteiger partial charge in [0.15, 0.2) is 0 Å². The minimum absolute atomic E-state index is 0.411. The monoisotopic (exact) mass is 226 g/mol. The summed E-state index contributed by atoms with van der Waals surface area (Å²) in [5, 5.41) is 8.70. The zero-order chi connectivity index (χ0) is 9.14. The van der Waals surface area contributed by atoms with E-state index in [1.807, 2.05) is 6.07 Å². The van der Waals surface area contributed by atoms with Crippen LogP contribution in [0.5, 0.6) is 5.75 Å². The third-order valence-corrected chi connectivity index (χ3v) is 2.26. The Morgan fingerprint density at radius 3 is 2.75 bits per heavy atom. The number of rotatable bonds is 1. The van der Waals surface area contributed by atoms with Crippen LogP contribution in [0.25, 0.3) is 0 Å². The number of benzene rings is 1. The maximum absolute atomic E-state index is 8.70. The molecule has 0 aliphatic heterocycles. The van der Waals surface area contributed by atoms with Crippen LogP contribution in [0.2, 0.25) is 0 Å². The quantitative estimate of drug-likeness (QED) is 0.745. The molecule has 0 unspecified atom stereocenters. The molecule has 3 nitrogen and oxygen atoms in total. The number of hydrogen-bond acceptors (Lipinski definition) is 3. The predicted octanol–water partition coefficient (Wildman–Crippen LogP) is 1.91. The van der Waals surface area contributed by atoms with Gasteiger partial charge >= 0.3 is 0 Å². The van der Waals surface area contributed by atoms with Gasteiger partial charge in [-0.3, -0.25) is 0 Å². The molecule has 0 fully saturated rings. The Balaban J connectivity index is 3.36. The second kappa shape index (κ2) is 3.46. The molecule has 1 aromatic rings. The zero-order valence-corrected chi connectivity index (χ0v) is 8.05. The normalized spacial score (nSPS) is 9.08. The van der Waals surface area contributed by atoms with Gasteiger partial charge in [-0.2, -0.15) is 5.26 Å². The average molecular weight is 227 g/mol. The van der Waals surface area contributed by atoms with Gasteiger partial charge in [-0.05, 0) is 28.1 Å². The summed E-state index contributed by atoms with van der Waals surface area (Å²) in [5.74, 6) is 0.612. The van der Waals surface area contributed by atoms with E-state index in [0.29, 0.717) is 21.5 Å². The number of nitrogen functional groups attached to an aromatic ring is 1. The van der Waals surface area contributed by atoms with E-state index < -0.39 is 0 Å². The number of anilines is 1. The molecule has 0 amide bonds. The van der Waals surface area contributed by atoms with Crippen molar-refractivity contribution in [2.24, 2.45) is 0 Å². The number of halogens is 1. The van der Waals surface area contributed by atoms with Gasteiger partial charge in [-0.25, -0.2) is 0 Å². The Morgan fingerprint density at radius 2 is 2.25 bits per heavy atom. The van der Waals surface area contributed by atoms with E-state index in [0.717, 1.165) is 0 Å². The third kappa shape index (κ3) is 1.36. The fraction of sp³-hybridized carbons (Fsp3) is 0.125. The number of methoxy groups -OCH3 is 1. The summed E-state index contributed by atoms with van der Waals surface area (Å²) in [6.07, 6.45) is 0. The summed E-state index contributed by atoms with van der Waals surface area (Å²) >= 11 is 3.22. The van der Waals surface area contributed by atoms with Crippen molar-refractivity contribution in [3.8, 4) is 11.8 Å². The lowest BCUT2D eigenvalue weighted by atomic mass is 10.2. The second-order valence-electron chi connectivity index (χ2n) is 2.16. The van der Waals surface area contributed by atoms with Crippen LogP contribution >= 0.6 is 15.9 Å². The van der Waals surface area contributed by atoms with Gasteiger partial charge in [0.25, 0.3) is 0 Å². The van der Waals surface area contributed by atoms with Crippen molar-refractivity contribution in [3.05, 3.63) is 22.2 Å². The van der Waals surface area contributed by atoms with E-state index in [2.05, 4.69) is 15.9 Å². The Hall–Kier alpha value is -1.21. The highest BCUT2D eigenvalue weighted by molar-refractivity contribution is 9.10. The fourth-order valence-corrected chi connectivity index (χ4v) is 1.45. The molecule has 4 heteroatoms. The Kier molecular flexibility index (Phi) is 2.56. The number of nitriles is 1. The van der Waals surface area contributed by atoms with Crippen molar-refractivity contribution in [1.82, 2.24) is 0 Å². The van der Waals surface area contributed by atoms with Crippen LogP contribution in [-0.4, -0.2) is 7.11 Å². The molecule has 0 heterocycles. The van der Waals surface area contributed by atoms with Crippen LogP contribution in [0, 0.1) is 11.3 Å². The van der Waals surface area contributed by atoms with Crippen molar-refractivity contribution in [2.45, 2.75) is 0 Å². The highest BCUT2D eigenvalue weighted by atomic mass is 79.9. The summed E-state index contributed by atoms with van der Waals surface area (Å²) in [5.41, 5.74) is 6.41. The van der Waals surface area contributed by atoms with E-state index in [1.165, 1.54) is 7.11 Å². The molecule has 0 atom stereocenters. The molecule has 0 saturated carbocycles. The lowest BCUT2D eigenvalue weighted by Crippen LogP contribution is -1.93. The Labute approximate surface area is 78.9 Å². The van der Waals surface area contributed by atoms with Crippen molar-refractivity contribution in [1.29, 1.82) is 5.26 Å². The zero-order valence-electron chi connectivity index (χ0n) is 6.47. The molecule has 0 bridgehead atoms. The van der Waals surface area contributed by atoms with Gasteiger partial charge in [-0.15, -0.1) is 0 Å². The van der Waals surface area contributed by atoms with Gasteiger partial charge in [0, 0.05) is 0 Å². The number of nitrogens with zero attached hydrogens (tertiary/aromatic N) is 1. The molecule has 0 spiro atoms. The van der Waals surface area contributed by atoms with E-state index in [9.17, 15) is 0 Å². The summed E-state index contributed by atoms with van der Waals surface area (Å²) in [6, 6.07) is 5.34. The predicted molar refractivity (Wildman–Crippen MR) is 49.8 cm³/mol. The van der Waals surface area contributed by atoms with Gasteiger partial charge in [0.1, 0.15) is 11.8 Å². The van der Waals surface area contributed by atoms with Crippen molar-refractivity contribution >= 4 is 21.6 Å². The number of hydrogen-bond donors (Lipinski definition) is 1. The largest absolute Gasteiger partial charge is 0.496 e. The van der Waals surface area contributed by atoms with Gasteiger partial charge in [0.2, 0.25) is 0 Å². The average Bonchev–Trinajstić information content (AvgIpc) is 2.06. The molecule has 0 aromatic heterocycles. The first-order valence-corrected chi connectivity index (χ1v) is 4.02. The summed E-state index contributed by atoms with van der Waals surface area (Å²) in [7, 11) is 1.54. The summed E-state index contributed by atoms with van der Waals surface area (Å²) in [6.45, 7) is 0. The molecule has 1 rings (SSSR count). The van der Waals surface area contributed by atoms with Crippen LogP contribution in [0.3, 0.4) is 0 Å². The first-order valence-electron chi connectivity index (χ1n) is 3.22. The maximum Gasteiger partial charge on any atom is 0.134 e. The Morgan fingerprint density at radius 1 is 1.58 bits per heavy atom. The minimum atomic E-state index is 0.411. The molecule has 0 saturated heterocycles. The van der Waals surface area contributed by atoms with Gasteiger partial charge in [-0.1, -0.05) is 0 Å². The molecule has 0 aliphatic rings. The van der Waals surface area contributed by atoms with Gasteiger partial charge < -0.3 is 10.5 Å². The number of nitrogens with two attached hydrogens (primary N) is 1. The van der Waals surface area contributed by atoms with Gasteiger partial charge in [0.05, 0.1) is 22.8 Å². The van der Waals surface area contributed by atoms with E-state index in [-0.39, 0.29) is 0 Å². The van der Waals surface area contributed by atoms with Crippen LogP contribution in [-0.2, 0) is 0 Å². The topological polar surface area (TPSA) is 59.0 Å². The lowest BCUT2D eigenvalue weighted by molar-refractivity contribution is 0.412. The SMILES string of the molecule is COc1ccc(N)c(C#N)c1Br.